The van der Waals surface area contributed by atoms with Crippen molar-refractivity contribution in [2.75, 3.05) is 49.8 Å². The minimum absolute atomic E-state index is 0.630. The van der Waals surface area contributed by atoms with Gasteiger partial charge >= 0.3 is 17.4 Å². The highest BCUT2D eigenvalue weighted by Crippen LogP contribution is 2.40. The lowest BCUT2D eigenvalue weighted by atomic mass is 10.2. The highest BCUT2D eigenvalue weighted by atomic mass is 28.4. The molecule has 1 rings (SSSR count). The molecule has 9 heteroatoms. The van der Waals surface area contributed by atoms with Gasteiger partial charge in [-0.1, -0.05) is 6.42 Å². The molecule has 1 saturated heterocycles. The van der Waals surface area contributed by atoms with Crippen molar-refractivity contribution in [2.24, 2.45) is 0 Å². The van der Waals surface area contributed by atoms with Crippen LogP contribution >= 0.6 is 0 Å². The second-order valence-electron chi connectivity index (χ2n) is 5.00. The van der Waals surface area contributed by atoms with Gasteiger partial charge in [-0.05, 0) is 12.5 Å². The van der Waals surface area contributed by atoms with E-state index < -0.39 is 22.8 Å². The molecule has 0 atom stereocenters. The van der Waals surface area contributed by atoms with Gasteiger partial charge in [0.1, 0.15) is 0 Å². The zero-order chi connectivity index (χ0) is 17.3. The fourth-order valence-corrected chi connectivity index (χ4v) is 6.52. The van der Waals surface area contributed by atoms with Crippen molar-refractivity contribution in [3.63, 3.8) is 0 Å². The van der Waals surface area contributed by atoms with E-state index in [0.29, 0.717) is 0 Å². The topological polar surface area (TPSA) is 64.6 Å². The van der Waals surface area contributed by atoms with Crippen LogP contribution in [0.15, 0.2) is 0 Å². The smallest absolute Gasteiger partial charge is 0.395 e. The van der Waals surface area contributed by atoms with E-state index in [9.17, 15) is 0 Å². The predicted molar refractivity (Wildman–Crippen MR) is 87.8 cm³/mol. The van der Waals surface area contributed by atoms with Crippen LogP contribution in [0.4, 0.5) is 0 Å². The summed E-state index contributed by atoms with van der Waals surface area (Å²) < 4.78 is 37.0. The second-order valence-corrected chi connectivity index (χ2v) is 11.5. The molecule has 1 aliphatic heterocycles. The first kappa shape index (κ1) is 22.2. The molecule has 1 aliphatic rings. The summed E-state index contributed by atoms with van der Waals surface area (Å²) in [5.74, 6) is 0. The van der Waals surface area contributed by atoms with Crippen LogP contribution in [0, 0.1) is 0 Å². The largest absolute Gasteiger partial charge is 0.496 e. The summed E-state index contributed by atoms with van der Waals surface area (Å²) in [6.07, 6.45) is 3.08. The molecule has 0 N–H and O–H groups in total. The average Bonchev–Trinajstić information content (AvgIpc) is 2.61. The first-order valence-electron chi connectivity index (χ1n) is 7.24. The molecule has 0 aromatic heterocycles. The van der Waals surface area contributed by atoms with Gasteiger partial charge in [-0.15, -0.1) is 0 Å². The second kappa shape index (κ2) is 10.1. The Bertz CT molecular complexity index is 264. The molecule has 0 amide bonds. The Labute approximate surface area is 136 Å². The molecule has 22 heavy (non-hydrogen) atoms. The van der Waals surface area contributed by atoms with E-state index in [1.165, 1.54) is 0 Å². The molecule has 0 saturated carbocycles. The lowest BCUT2D eigenvalue weighted by molar-refractivity contribution is -0.183. The van der Waals surface area contributed by atoms with E-state index in [-0.39, 0.29) is 0 Å². The van der Waals surface area contributed by atoms with Crippen LogP contribution in [0.1, 0.15) is 19.3 Å². The van der Waals surface area contributed by atoms with Crippen molar-refractivity contribution in [3.8, 4) is 0 Å². The third-order valence-corrected chi connectivity index (χ3v) is 10.6. The monoisotopic (exact) mass is 356 g/mol. The number of hydrogen-bond donors (Lipinski definition) is 0. The summed E-state index contributed by atoms with van der Waals surface area (Å²) in [5, 5.41) is 0. The Balaban J connectivity index is 0.000000472. The zero-order valence-corrected chi connectivity index (χ0v) is 17.2. The molecule has 7 nitrogen and oxygen atoms in total. The third-order valence-electron chi connectivity index (χ3n) is 4.27. The van der Waals surface area contributed by atoms with Crippen LogP contribution < -0.4 is 0 Å². The number of rotatable bonds is 7. The Morgan fingerprint density at radius 1 is 0.773 bits per heavy atom. The van der Waals surface area contributed by atoms with Gasteiger partial charge in [-0.2, -0.15) is 0 Å². The van der Waals surface area contributed by atoms with Gasteiger partial charge in [-0.3, -0.25) is 0 Å². The van der Waals surface area contributed by atoms with Crippen LogP contribution in [0.3, 0.4) is 0 Å². The molecular formula is C13H32O7Si2. The highest BCUT2D eigenvalue weighted by Gasteiger charge is 2.60. The van der Waals surface area contributed by atoms with Crippen molar-refractivity contribution >= 4 is 17.4 Å². The molecule has 0 radical (unpaired) electrons. The summed E-state index contributed by atoms with van der Waals surface area (Å²) in [4.78, 5) is 0. The van der Waals surface area contributed by atoms with Crippen molar-refractivity contribution in [2.45, 2.75) is 37.3 Å². The van der Waals surface area contributed by atoms with Gasteiger partial charge in [0.2, 0.25) is 5.41 Å². The Hall–Kier alpha value is 0.154. The molecule has 0 spiro atoms. The number of ether oxygens (including phenoxy) is 2. The molecule has 134 valence electrons. The van der Waals surface area contributed by atoms with E-state index in [0.717, 1.165) is 25.3 Å². The van der Waals surface area contributed by atoms with Crippen LogP contribution in [-0.4, -0.2) is 72.5 Å². The molecule has 0 aromatic carbocycles. The fourth-order valence-electron chi connectivity index (χ4n) is 2.54. The van der Waals surface area contributed by atoms with Gasteiger partial charge < -0.3 is 31.6 Å². The van der Waals surface area contributed by atoms with Crippen LogP contribution in [0.2, 0.25) is 12.6 Å². The van der Waals surface area contributed by atoms with E-state index in [2.05, 4.69) is 0 Å². The average molecular weight is 357 g/mol. The number of methoxy groups -OCH3 is 2. The van der Waals surface area contributed by atoms with Crippen LogP contribution in [0.5, 0.6) is 0 Å². The minimum Gasteiger partial charge on any atom is -0.395 e. The lowest BCUT2D eigenvalue weighted by Gasteiger charge is -2.46. The maximum Gasteiger partial charge on any atom is 0.496 e. The van der Waals surface area contributed by atoms with Crippen molar-refractivity contribution < 1.29 is 31.6 Å². The van der Waals surface area contributed by atoms with Gasteiger partial charge in [0.15, 0.2) is 0 Å². The molecule has 0 aromatic rings. The molecule has 1 heterocycles. The zero-order valence-electron chi connectivity index (χ0n) is 15.2. The highest BCUT2D eigenvalue weighted by molar-refractivity contribution is 6.70. The van der Waals surface area contributed by atoms with E-state index in [1.807, 2.05) is 6.55 Å². The fraction of sp³-hybridized carbons (Fsp3) is 1.00. The summed E-state index contributed by atoms with van der Waals surface area (Å²) in [5.41, 5.74) is -0.630. The van der Waals surface area contributed by atoms with E-state index in [4.69, 9.17) is 31.6 Å². The lowest BCUT2D eigenvalue weighted by Crippen LogP contribution is -2.65. The van der Waals surface area contributed by atoms with Gasteiger partial charge in [0.25, 0.3) is 0 Å². The maximum atomic E-state index is 5.59. The van der Waals surface area contributed by atoms with Crippen molar-refractivity contribution in [1.29, 1.82) is 0 Å². The molecular weight excluding hydrogens is 324 g/mol. The normalized spacial score (nSPS) is 20.2. The first-order valence-corrected chi connectivity index (χ1v) is 11.5. The summed E-state index contributed by atoms with van der Waals surface area (Å²) >= 11 is 0. The van der Waals surface area contributed by atoms with Crippen LogP contribution in [-0.2, 0) is 31.6 Å². The summed E-state index contributed by atoms with van der Waals surface area (Å²) in [6, 6.07) is 0.932. The van der Waals surface area contributed by atoms with E-state index in [1.54, 1.807) is 49.8 Å². The molecule has 0 unspecified atom stereocenters. The standard InChI is InChI=1S/C9H20O4Si.C4H12O3Si/c1-10-9(11-2)7-5-6-8-14(9,12-3)13-4;1-5-8(4,6-2)7-3/h5-8H2,1-4H3;1-4H3. The predicted octanol–water partition coefficient (Wildman–Crippen LogP) is 1.93. The summed E-state index contributed by atoms with van der Waals surface area (Å²) in [6.45, 7) is 1.83. The number of hydrogen-bond acceptors (Lipinski definition) is 7. The summed E-state index contributed by atoms with van der Waals surface area (Å²) in [7, 11) is 6.92. The first-order chi connectivity index (χ1) is 10.4. The third kappa shape index (κ3) is 4.82. The Kier molecular flexibility index (Phi) is 10.2. The van der Waals surface area contributed by atoms with Crippen molar-refractivity contribution in [1.82, 2.24) is 0 Å². The quantitative estimate of drug-likeness (QED) is 0.510. The Morgan fingerprint density at radius 3 is 1.45 bits per heavy atom. The van der Waals surface area contributed by atoms with Crippen LogP contribution in [0.25, 0.3) is 0 Å². The van der Waals surface area contributed by atoms with Crippen molar-refractivity contribution in [3.05, 3.63) is 0 Å². The molecule has 0 bridgehead atoms. The molecule has 1 fully saturated rings. The SMILES string of the molecule is COC1(OC)CCCC[Si]1(OC)OC.CO[Si](C)(OC)OC. The van der Waals surface area contributed by atoms with Gasteiger partial charge in [-0.25, -0.2) is 0 Å². The molecule has 0 aliphatic carbocycles. The van der Waals surface area contributed by atoms with E-state index >= 15 is 0 Å². The maximum absolute atomic E-state index is 5.59. The Morgan fingerprint density at radius 2 is 1.23 bits per heavy atom. The minimum atomic E-state index is -2.35. The van der Waals surface area contributed by atoms with Gasteiger partial charge in [0, 0.05) is 62.7 Å². The van der Waals surface area contributed by atoms with Gasteiger partial charge in [0.05, 0.1) is 0 Å².